The fraction of sp³-hybridized carbons (Fsp3) is 0.412. The molecule has 1 aromatic carbocycles. The van der Waals surface area contributed by atoms with Gasteiger partial charge in [-0.3, -0.25) is 4.79 Å². The first-order valence-corrected chi connectivity index (χ1v) is 8.57. The molecule has 2 aromatic rings. The highest BCUT2D eigenvalue weighted by atomic mass is 32.1. The molecule has 5 nitrogen and oxygen atoms in total. The zero-order valence-electron chi connectivity index (χ0n) is 14.0. The second-order valence-electron chi connectivity index (χ2n) is 5.39. The number of aryl methyl sites for hydroxylation is 2. The number of benzene rings is 1. The Morgan fingerprint density at radius 3 is 2.57 bits per heavy atom. The number of carboxylic acid groups (broad SMARTS) is 1. The van der Waals surface area contributed by atoms with Crippen molar-refractivity contribution >= 4 is 33.8 Å². The number of carbonyl (C=O) groups is 1. The molecule has 0 saturated heterocycles. The lowest BCUT2D eigenvalue weighted by molar-refractivity contribution is -0.136. The lowest BCUT2D eigenvalue weighted by Gasteiger charge is -2.22. The van der Waals surface area contributed by atoms with E-state index in [-0.39, 0.29) is 6.42 Å². The summed E-state index contributed by atoms with van der Waals surface area (Å²) in [6.45, 7) is 10.2. The zero-order chi connectivity index (χ0) is 17.0. The van der Waals surface area contributed by atoms with Crippen molar-refractivity contribution in [3.05, 3.63) is 34.3 Å². The minimum Gasteiger partial charge on any atom is -0.481 e. The number of thiazole rings is 1. The van der Waals surface area contributed by atoms with Gasteiger partial charge in [0.05, 0.1) is 12.1 Å². The van der Waals surface area contributed by atoms with E-state index in [1.807, 2.05) is 6.92 Å². The molecule has 0 radical (unpaired) electrons. The maximum Gasteiger partial charge on any atom is 0.308 e. The predicted molar refractivity (Wildman–Crippen MR) is 96.2 cm³/mol. The lowest BCUT2D eigenvalue weighted by atomic mass is 10.1. The summed E-state index contributed by atoms with van der Waals surface area (Å²) >= 11 is 1.40. The van der Waals surface area contributed by atoms with Gasteiger partial charge in [-0.25, -0.2) is 4.98 Å². The quantitative estimate of drug-likeness (QED) is 0.802. The summed E-state index contributed by atoms with van der Waals surface area (Å²) in [5, 5.41) is 13.0. The van der Waals surface area contributed by atoms with Gasteiger partial charge in [0.2, 0.25) is 0 Å². The molecule has 0 aliphatic rings. The molecule has 0 bridgehead atoms. The average molecular weight is 333 g/mol. The molecule has 0 spiro atoms. The second kappa shape index (κ2) is 7.46. The minimum atomic E-state index is -0.831. The highest BCUT2D eigenvalue weighted by Crippen LogP contribution is 2.29. The molecule has 1 heterocycles. The van der Waals surface area contributed by atoms with Gasteiger partial charge < -0.3 is 15.3 Å². The van der Waals surface area contributed by atoms with Crippen LogP contribution >= 0.6 is 11.3 Å². The molecule has 1 aromatic heterocycles. The van der Waals surface area contributed by atoms with Gasteiger partial charge in [-0.15, -0.1) is 11.3 Å². The van der Waals surface area contributed by atoms with Crippen LogP contribution in [-0.2, 0) is 11.2 Å². The van der Waals surface area contributed by atoms with Gasteiger partial charge in [0.15, 0.2) is 5.13 Å². The fourth-order valence-electron chi connectivity index (χ4n) is 2.47. The van der Waals surface area contributed by atoms with Crippen LogP contribution in [0, 0.1) is 13.8 Å². The number of hydrogen-bond donors (Lipinski definition) is 2. The van der Waals surface area contributed by atoms with Crippen LogP contribution in [0.4, 0.5) is 16.5 Å². The molecule has 0 fully saturated rings. The molecule has 2 rings (SSSR count). The van der Waals surface area contributed by atoms with E-state index < -0.39 is 5.97 Å². The SMILES string of the molecule is CCN(CC)c1ccc(Nc2nc(C)c(CC(=O)O)s2)c(C)c1. The maximum atomic E-state index is 10.9. The van der Waals surface area contributed by atoms with Gasteiger partial charge in [-0.1, -0.05) is 0 Å². The Bertz CT molecular complexity index is 693. The number of aliphatic carboxylic acids is 1. The van der Waals surface area contributed by atoms with Crippen LogP contribution in [0.15, 0.2) is 18.2 Å². The van der Waals surface area contributed by atoms with E-state index in [2.05, 4.69) is 54.2 Å². The Hall–Kier alpha value is -2.08. The number of aromatic nitrogens is 1. The Kier molecular flexibility index (Phi) is 5.60. The molecule has 6 heteroatoms. The highest BCUT2D eigenvalue weighted by molar-refractivity contribution is 7.15. The van der Waals surface area contributed by atoms with Gasteiger partial charge in [-0.2, -0.15) is 0 Å². The number of hydrogen-bond acceptors (Lipinski definition) is 5. The molecule has 23 heavy (non-hydrogen) atoms. The van der Waals surface area contributed by atoms with E-state index in [0.717, 1.165) is 40.0 Å². The Morgan fingerprint density at radius 1 is 1.30 bits per heavy atom. The molecule has 124 valence electrons. The molecule has 0 saturated carbocycles. The van der Waals surface area contributed by atoms with E-state index in [4.69, 9.17) is 5.11 Å². The van der Waals surface area contributed by atoms with Crippen LogP contribution in [0.3, 0.4) is 0 Å². The third-order valence-electron chi connectivity index (χ3n) is 3.78. The van der Waals surface area contributed by atoms with Crippen LogP contribution in [0.1, 0.15) is 30.0 Å². The smallest absolute Gasteiger partial charge is 0.308 e. The van der Waals surface area contributed by atoms with Gasteiger partial charge in [-0.05, 0) is 51.5 Å². The monoisotopic (exact) mass is 333 g/mol. The van der Waals surface area contributed by atoms with Crippen molar-refractivity contribution in [2.75, 3.05) is 23.3 Å². The molecule has 0 aliphatic carbocycles. The number of rotatable bonds is 7. The maximum absolute atomic E-state index is 10.9. The van der Waals surface area contributed by atoms with Gasteiger partial charge in [0.25, 0.3) is 0 Å². The van der Waals surface area contributed by atoms with E-state index >= 15 is 0 Å². The topological polar surface area (TPSA) is 65.5 Å². The molecular formula is C17H23N3O2S. The summed E-state index contributed by atoms with van der Waals surface area (Å²) < 4.78 is 0. The number of anilines is 3. The van der Waals surface area contributed by atoms with Gasteiger partial charge in [0, 0.05) is 29.3 Å². The molecule has 0 atom stereocenters. The van der Waals surface area contributed by atoms with Gasteiger partial charge >= 0.3 is 5.97 Å². The summed E-state index contributed by atoms with van der Waals surface area (Å²) in [5.41, 5.74) is 4.12. The average Bonchev–Trinajstić information content (AvgIpc) is 2.82. The van der Waals surface area contributed by atoms with Crippen molar-refractivity contribution in [1.82, 2.24) is 4.98 Å². The first-order valence-electron chi connectivity index (χ1n) is 7.75. The van der Waals surface area contributed by atoms with Crippen molar-refractivity contribution < 1.29 is 9.90 Å². The zero-order valence-corrected chi connectivity index (χ0v) is 14.8. The number of nitrogens with zero attached hydrogens (tertiary/aromatic N) is 2. The van der Waals surface area contributed by atoms with Crippen LogP contribution in [0.2, 0.25) is 0 Å². The number of carboxylic acids is 1. The van der Waals surface area contributed by atoms with E-state index in [9.17, 15) is 4.79 Å². The standard InChI is InChI=1S/C17H23N3O2S/c1-5-20(6-2)13-7-8-14(11(3)9-13)19-17-18-12(4)15(23-17)10-16(21)22/h7-9H,5-6,10H2,1-4H3,(H,18,19)(H,21,22). The largest absolute Gasteiger partial charge is 0.481 e. The minimum absolute atomic E-state index is 0.0189. The lowest BCUT2D eigenvalue weighted by Crippen LogP contribution is -2.21. The van der Waals surface area contributed by atoms with Crippen molar-refractivity contribution in [2.24, 2.45) is 0 Å². The summed E-state index contributed by atoms with van der Waals surface area (Å²) in [6, 6.07) is 6.31. The van der Waals surface area contributed by atoms with Crippen LogP contribution in [0.5, 0.6) is 0 Å². The number of nitrogens with one attached hydrogen (secondary N) is 1. The molecule has 2 N–H and O–H groups in total. The first kappa shape index (κ1) is 17.3. The summed E-state index contributed by atoms with van der Waals surface area (Å²) in [6.07, 6.45) is 0.0189. The Labute approximate surface area is 141 Å². The van der Waals surface area contributed by atoms with Crippen LogP contribution in [-0.4, -0.2) is 29.1 Å². The van der Waals surface area contributed by atoms with E-state index in [0.29, 0.717) is 0 Å². The summed E-state index contributed by atoms with van der Waals surface area (Å²) in [4.78, 5) is 18.4. The van der Waals surface area contributed by atoms with E-state index in [1.165, 1.54) is 17.0 Å². The van der Waals surface area contributed by atoms with E-state index in [1.54, 1.807) is 0 Å². The van der Waals surface area contributed by atoms with Crippen molar-refractivity contribution in [2.45, 2.75) is 34.1 Å². The third-order valence-corrected chi connectivity index (χ3v) is 4.86. The van der Waals surface area contributed by atoms with Crippen LogP contribution < -0.4 is 10.2 Å². The first-order chi connectivity index (χ1) is 10.9. The molecule has 0 unspecified atom stereocenters. The molecular weight excluding hydrogens is 310 g/mol. The third kappa shape index (κ3) is 4.22. The molecule has 0 amide bonds. The Balaban J connectivity index is 2.19. The summed E-state index contributed by atoms with van der Waals surface area (Å²) in [5.74, 6) is -0.831. The summed E-state index contributed by atoms with van der Waals surface area (Å²) in [7, 11) is 0. The molecule has 0 aliphatic heterocycles. The van der Waals surface area contributed by atoms with Crippen molar-refractivity contribution in [3.63, 3.8) is 0 Å². The van der Waals surface area contributed by atoms with Crippen molar-refractivity contribution in [1.29, 1.82) is 0 Å². The highest BCUT2D eigenvalue weighted by Gasteiger charge is 2.12. The fourth-order valence-corrected chi connectivity index (χ4v) is 3.44. The van der Waals surface area contributed by atoms with Gasteiger partial charge in [0.1, 0.15) is 0 Å². The normalized spacial score (nSPS) is 10.6. The predicted octanol–water partition coefficient (Wildman–Crippen LogP) is 3.98. The second-order valence-corrected chi connectivity index (χ2v) is 6.48. The van der Waals surface area contributed by atoms with Crippen LogP contribution in [0.25, 0.3) is 0 Å². The van der Waals surface area contributed by atoms with Crippen molar-refractivity contribution in [3.8, 4) is 0 Å². The Morgan fingerprint density at radius 2 is 2.00 bits per heavy atom.